The van der Waals surface area contributed by atoms with E-state index in [1.165, 1.54) is 12.1 Å². The second-order valence-corrected chi connectivity index (χ2v) is 7.23. The first-order valence-corrected chi connectivity index (χ1v) is 10.2. The number of benzene rings is 2. The molecule has 3 heterocycles. The Kier molecular flexibility index (Phi) is 5.34. The predicted molar refractivity (Wildman–Crippen MR) is 127 cm³/mol. The fraction of sp³-hybridized carbons (Fsp3) is 0. The summed E-state index contributed by atoms with van der Waals surface area (Å²) in [6.07, 6.45) is 3.33. The van der Waals surface area contributed by atoms with Gasteiger partial charge in [0.25, 0.3) is 0 Å². The lowest BCUT2D eigenvalue weighted by molar-refractivity contribution is 0.446. The summed E-state index contributed by atoms with van der Waals surface area (Å²) in [7, 11) is 0. The van der Waals surface area contributed by atoms with Crippen molar-refractivity contribution in [2.45, 2.75) is 0 Å². The Bertz CT molecular complexity index is 1520. The molecule has 3 aromatic heterocycles. The number of nitrogen functional groups attached to an aromatic ring is 1. The van der Waals surface area contributed by atoms with E-state index in [9.17, 15) is 4.39 Å². The molecule has 0 aliphatic heterocycles. The smallest absolute Gasteiger partial charge is 0.223 e. The van der Waals surface area contributed by atoms with Crippen LogP contribution in [0.4, 0.5) is 33.3 Å². The van der Waals surface area contributed by atoms with E-state index in [1.807, 2.05) is 6.07 Å². The number of hydrogen-bond donors (Lipinski definition) is 4. The van der Waals surface area contributed by atoms with Crippen molar-refractivity contribution < 1.29 is 9.13 Å². The number of nitrogens with two attached hydrogens (primary N) is 1. The lowest BCUT2D eigenvalue weighted by Gasteiger charge is -2.12. The van der Waals surface area contributed by atoms with E-state index in [1.54, 1.807) is 54.9 Å². The highest BCUT2D eigenvalue weighted by atomic mass is 19.1. The van der Waals surface area contributed by atoms with Crippen molar-refractivity contribution in [2.24, 2.45) is 0 Å². The molecular weight excluding hydrogens is 435 g/mol. The third-order valence-electron chi connectivity index (χ3n) is 4.87. The molecule has 0 saturated carbocycles. The number of fused-ring (bicyclic) bond motifs is 1. The average molecular weight is 452 g/mol. The molecule has 0 unspecified atom stereocenters. The zero-order chi connectivity index (χ0) is 23.5. The number of aromatic amines is 1. The average Bonchev–Trinajstić information content (AvgIpc) is 3.31. The van der Waals surface area contributed by atoms with Gasteiger partial charge in [-0.15, -0.1) is 0 Å². The van der Waals surface area contributed by atoms with Gasteiger partial charge in [0, 0.05) is 35.9 Å². The van der Waals surface area contributed by atoms with Gasteiger partial charge in [0.15, 0.2) is 11.6 Å². The monoisotopic (exact) mass is 452 g/mol. The van der Waals surface area contributed by atoms with Crippen LogP contribution in [0.2, 0.25) is 0 Å². The highest BCUT2D eigenvalue weighted by Gasteiger charge is 2.11. The molecule has 0 saturated heterocycles. The SMILES string of the molecule is N#Cc1ccc(Nc2cc(Nc3ccc(Oc4ccnc5[nH]ccc45)c(F)c3)nc(N)n2)cc1. The minimum Gasteiger partial charge on any atom is -0.453 e. The minimum atomic E-state index is -0.552. The van der Waals surface area contributed by atoms with Crippen molar-refractivity contribution in [3.05, 3.63) is 84.4 Å². The Morgan fingerprint density at radius 3 is 2.38 bits per heavy atom. The fourth-order valence-corrected chi connectivity index (χ4v) is 3.32. The number of nitrogens with one attached hydrogen (secondary N) is 3. The summed E-state index contributed by atoms with van der Waals surface area (Å²) in [5, 5.41) is 15.8. The van der Waals surface area contributed by atoms with Crippen molar-refractivity contribution in [1.29, 1.82) is 5.26 Å². The number of H-pyrrole nitrogens is 1. The molecule has 34 heavy (non-hydrogen) atoms. The van der Waals surface area contributed by atoms with Gasteiger partial charge in [0.1, 0.15) is 23.0 Å². The van der Waals surface area contributed by atoms with Crippen molar-refractivity contribution in [3.8, 4) is 17.6 Å². The highest BCUT2D eigenvalue weighted by Crippen LogP contribution is 2.31. The Hall–Kier alpha value is -5.17. The Morgan fingerprint density at radius 1 is 0.912 bits per heavy atom. The molecule has 2 aromatic carbocycles. The van der Waals surface area contributed by atoms with Crippen LogP contribution in [0.5, 0.6) is 11.5 Å². The van der Waals surface area contributed by atoms with Crippen LogP contribution in [-0.2, 0) is 0 Å². The molecule has 5 N–H and O–H groups in total. The summed E-state index contributed by atoms with van der Waals surface area (Å²) in [5.41, 5.74) is 8.22. The van der Waals surface area contributed by atoms with E-state index in [4.69, 9.17) is 15.7 Å². The van der Waals surface area contributed by atoms with E-state index < -0.39 is 5.82 Å². The molecule has 166 valence electrons. The van der Waals surface area contributed by atoms with Gasteiger partial charge in [-0.1, -0.05) is 0 Å². The number of hydrogen-bond acceptors (Lipinski definition) is 8. The second kappa shape index (κ2) is 8.76. The number of pyridine rings is 1. The molecule has 0 aliphatic carbocycles. The van der Waals surface area contributed by atoms with Crippen LogP contribution in [0.1, 0.15) is 5.56 Å². The summed E-state index contributed by atoms with van der Waals surface area (Å²) in [5.74, 6) is 0.865. The van der Waals surface area contributed by atoms with Crippen LogP contribution in [-0.4, -0.2) is 19.9 Å². The molecule has 0 amide bonds. The van der Waals surface area contributed by atoms with E-state index in [0.717, 1.165) is 11.1 Å². The first-order chi connectivity index (χ1) is 16.6. The Balaban J connectivity index is 1.33. The third kappa shape index (κ3) is 4.39. The quantitative estimate of drug-likeness (QED) is 0.275. The van der Waals surface area contributed by atoms with E-state index in [0.29, 0.717) is 34.3 Å². The van der Waals surface area contributed by atoms with Crippen molar-refractivity contribution in [1.82, 2.24) is 19.9 Å². The summed E-state index contributed by atoms with van der Waals surface area (Å²) in [6.45, 7) is 0. The maximum Gasteiger partial charge on any atom is 0.223 e. The van der Waals surface area contributed by atoms with Crippen molar-refractivity contribution >= 4 is 40.0 Å². The molecule has 0 bridgehead atoms. The standard InChI is InChI=1S/C24H17FN8O/c25-18-11-16(5-6-20(18)34-19-8-10-29-23-17(19)7-9-28-23)31-22-12-21(32-24(27)33-22)30-15-3-1-14(13-26)2-4-15/h1-12H,(H,28,29)(H4,27,30,31,32,33). The summed E-state index contributed by atoms with van der Waals surface area (Å²) >= 11 is 0. The molecule has 0 radical (unpaired) electrons. The van der Waals surface area contributed by atoms with Crippen LogP contribution < -0.4 is 21.1 Å². The van der Waals surface area contributed by atoms with Crippen molar-refractivity contribution in [3.63, 3.8) is 0 Å². The van der Waals surface area contributed by atoms with Crippen LogP contribution in [0.3, 0.4) is 0 Å². The molecule has 0 spiro atoms. The number of rotatable bonds is 6. The normalized spacial score (nSPS) is 10.6. The summed E-state index contributed by atoms with van der Waals surface area (Å²) in [6, 6.07) is 18.6. The van der Waals surface area contributed by atoms with E-state index in [-0.39, 0.29) is 11.7 Å². The largest absolute Gasteiger partial charge is 0.453 e. The van der Waals surface area contributed by atoms with Crippen LogP contribution in [0.15, 0.2) is 73.1 Å². The van der Waals surface area contributed by atoms with E-state index in [2.05, 4.69) is 36.6 Å². The topological polar surface area (TPSA) is 138 Å². The molecule has 9 nitrogen and oxygen atoms in total. The van der Waals surface area contributed by atoms with Gasteiger partial charge in [0.2, 0.25) is 5.95 Å². The van der Waals surface area contributed by atoms with Crippen LogP contribution in [0.25, 0.3) is 11.0 Å². The molecule has 10 heteroatoms. The number of anilines is 5. The van der Waals surface area contributed by atoms with Crippen LogP contribution in [0, 0.1) is 17.1 Å². The van der Waals surface area contributed by atoms with Gasteiger partial charge in [-0.25, -0.2) is 9.37 Å². The number of ether oxygens (including phenoxy) is 1. The van der Waals surface area contributed by atoms with Crippen molar-refractivity contribution in [2.75, 3.05) is 16.4 Å². The molecule has 0 fully saturated rings. The zero-order valence-corrected chi connectivity index (χ0v) is 17.6. The number of halogens is 1. The van der Waals surface area contributed by atoms with Gasteiger partial charge in [-0.05, 0) is 48.5 Å². The van der Waals surface area contributed by atoms with Gasteiger partial charge < -0.3 is 26.1 Å². The number of nitriles is 1. The zero-order valence-electron chi connectivity index (χ0n) is 17.6. The second-order valence-electron chi connectivity index (χ2n) is 7.23. The first kappa shape index (κ1) is 20.7. The van der Waals surface area contributed by atoms with Gasteiger partial charge >= 0.3 is 0 Å². The summed E-state index contributed by atoms with van der Waals surface area (Å²) < 4.78 is 20.6. The first-order valence-electron chi connectivity index (χ1n) is 10.2. The molecule has 5 rings (SSSR count). The number of nitrogens with zero attached hydrogens (tertiary/aromatic N) is 4. The Labute approximate surface area is 193 Å². The molecule has 5 aromatic rings. The lowest BCUT2D eigenvalue weighted by Crippen LogP contribution is -2.03. The maximum absolute atomic E-state index is 14.8. The maximum atomic E-state index is 14.8. The van der Waals surface area contributed by atoms with Gasteiger partial charge in [-0.2, -0.15) is 15.2 Å². The number of aromatic nitrogens is 4. The minimum absolute atomic E-state index is 0.0368. The molecular formula is C24H17FN8O. The molecule has 0 aliphatic rings. The van der Waals surface area contributed by atoms with E-state index >= 15 is 0 Å². The van der Waals surface area contributed by atoms with Gasteiger partial charge in [-0.3, -0.25) is 0 Å². The fourth-order valence-electron chi connectivity index (χ4n) is 3.32. The lowest BCUT2D eigenvalue weighted by atomic mass is 10.2. The highest BCUT2D eigenvalue weighted by molar-refractivity contribution is 5.82. The summed E-state index contributed by atoms with van der Waals surface area (Å²) in [4.78, 5) is 15.5. The Morgan fingerprint density at radius 2 is 1.65 bits per heavy atom. The molecule has 0 atom stereocenters. The predicted octanol–water partition coefficient (Wildman–Crippen LogP) is 5.23. The third-order valence-corrected chi connectivity index (χ3v) is 4.87. The van der Waals surface area contributed by atoms with Gasteiger partial charge in [0.05, 0.1) is 17.0 Å². The van der Waals surface area contributed by atoms with Crippen LogP contribution >= 0.6 is 0 Å².